The van der Waals surface area contributed by atoms with Gasteiger partial charge in [0.15, 0.2) is 11.6 Å². The summed E-state index contributed by atoms with van der Waals surface area (Å²) in [6, 6.07) is 31.0. The van der Waals surface area contributed by atoms with Crippen LogP contribution in [-0.2, 0) is 0 Å². The molecule has 0 N–H and O–H groups in total. The molecule has 0 spiro atoms. The van der Waals surface area contributed by atoms with Crippen LogP contribution in [0.25, 0.3) is 101 Å². The third-order valence-corrected chi connectivity index (χ3v) is 10.3. The highest BCUT2D eigenvalue weighted by Crippen LogP contribution is 2.44. The Hall–Kier alpha value is -6.26. The van der Waals surface area contributed by atoms with E-state index in [2.05, 4.69) is 96.7 Å². The van der Waals surface area contributed by atoms with Gasteiger partial charge in [-0.15, -0.1) is 0 Å². The molecule has 0 unspecified atom stereocenters. The van der Waals surface area contributed by atoms with Crippen molar-refractivity contribution in [1.29, 1.82) is 0 Å². The normalized spacial score (nSPS) is 13.2. The molecule has 1 aromatic heterocycles. The van der Waals surface area contributed by atoms with Crippen LogP contribution in [0.5, 0.6) is 0 Å². The van der Waals surface area contributed by atoms with Crippen LogP contribution in [0, 0.1) is 11.6 Å². The Morgan fingerprint density at radius 1 is 0.673 bits per heavy atom. The number of halogens is 2. The van der Waals surface area contributed by atoms with Crippen molar-refractivity contribution in [2.24, 2.45) is 4.99 Å². The minimum absolute atomic E-state index is 0.0342. The molecule has 8 aromatic rings. The average molecular weight is 633 g/mol. The largest absolute Gasteiger partial charge is 0.262 e. The van der Waals surface area contributed by atoms with Crippen LogP contribution in [0.4, 0.5) is 14.5 Å². The van der Waals surface area contributed by atoms with Gasteiger partial charge in [0.1, 0.15) is 0 Å². The Balaban J connectivity index is 1.12. The summed E-state index contributed by atoms with van der Waals surface area (Å²) in [5.41, 5.74) is 8.46. The molecule has 0 saturated carbocycles. The summed E-state index contributed by atoms with van der Waals surface area (Å²) in [4.78, 5) is 8.92. The molecule has 2 aliphatic carbocycles. The summed E-state index contributed by atoms with van der Waals surface area (Å²) in [5, 5.41) is 9.27. The van der Waals surface area contributed by atoms with E-state index in [1.807, 2.05) is 31.2 Å². The minimum atomic E-state index is -0.970. The lowest BCUT2D eigenvalue weighted by Crippen LogP contribution is -1.97. The zero-order valence-corrected chi connectivity index (χ0v) is 26.5. The first-order valence-electron chi connectivity index (χ1n) is 16.3. The number of aromatic nitrogens is 1. The Morgan fingerprint density at radius 2 is 1.39 bits per heavy atom. The van der Waals surface area contributed by atoms with Crippen molar-refractivity contribution in [3.8, 4) is 11.1 Å². The highest BCUT2D eigenvalue weighted by molar-refractivity contribution is 6.19. The molecule has 230 valence electrons. The zero-order valence-electron chi connectivity index (χ0n) is 26.5. The Labute approximate surface area is 280 Å². The first-order valence-corrected chi connectivity index (χ1v) is 16.3. The van der Waals surface area contributed by atoms with E-state index in [1.165, 1.54) is 27.3 Å². The second-order valence-electron chi connectivity index (χ2n) is 13.0. The molecule has 2 aliphatic rings. The summed E-state index contributed by atoms with van der Waals surface area (Å²) in [6.45, 7) is 5.66. The molecule has 49 heavy (non-hydrogen) atoms. The fourth-order valence-electron chi connectivity index (χ4n) is 8.00. The molecule has 10 rings (SSSR count). The minimum Gasteiger partial charge on any atom is -0.262 e. The van der Waals surface area contributed by atoms with Crippen molar-refractivity contribution in [2.75, 3.05) is 0 Å². The molecule has 0 saturated heterocycles. The molecule has 1 heterocycles. The third-order valence-electron chi connectivity index (χ3n) is 10.3. The molecule has 2 nitrogen and oxygen atoms in total. The van der Waals surface area contributed by atoms with Crippen LogP contribution >= 0.6 is 0 Å². The van der Waals surface area contributed by atoms with Gasteiger partial charge in [-0.3, -0.25) is 9.98 Å². The van der Waals surface area contributed by atoms with E-state index >= 15 is 8.78 Å². The lowest BCUT2D eigenvalue weighted by molar-refractivity contribution is 0.515. The summed E-state index contributed by atoms with van der Waals surface area (Å²) >= 11 is 0. The van der Waals surface area contributed by atoms with Crippen molar-refractivity contribution in [3.05, 3.63) is 142 Å². The summed E-state index contributed by atoms with van der Waals surface area (Å²) in [6.07, 6.45) is 11.9. The van der Waals surface area contributed by atoms with Gasteiger partial charge in [-0.25, -0.2) is 8.78 Å². The van der Waals surface area contributed by atoms with Gasteiger partial charge in [0, 0.05) is 22.7 Å². The molecule has 0 radical (unpaired) electrons. The fourth-order valence-corrected chi connectivity index (χ4v) is 8.00. The van der Waals surface area contributed by atoms with E-state index in [-0.39, 0.29) is 22.2 Å². The highest BCUT2D eigenvalue weighted by Gasteiger charge is 2.22. The molecule has 4 heteroatoms. The quantitative estimate of drug-likeness (QED) is 0.108. The van der Waals surface area contributed by atoms with E-state index in [9.17, 15) is 0 Å². The second-order valence-corrected chi connectivity index (χ2v) is 13.0. The highest BCUT2D eigenvalue weighted by atomic mass is 19.2. The van der Waals surface area contributed by atoms with Crippen molar-refractivity contribution in [2.45, 2.75) is 6.92 Å². The molecule has 0 aliphatic heterocycles. The molecule has 0 amide bonds. The summed E-state index contributed by atoms with van der Waals surface area (Å²) in [7, 11) is 0. The number of pyridine rings is 1. The van der Waals surface area contributed by atoms with Crippen LogP contribution in [0.2, 0.25) is 0 Å². The predicted octanol–water partition coefficient (Wildman–Crippen LogP) is 12.7. The van der Waals surface area contributed by atoms with Crippen LogP contribution < -0.4 is 0 Å². The molecular weight excluding hydrogens is 607 g/mol. The van der Waals surface area contributed by atoms with E-state index in [1.54, 1.807) is 18.3 Å². The first kappa shape index (κ1) is 27.8. The van der Waals surface area contributed by atoms with Crippen molar-refractivity contribution in [3.63, 3.8) is 0 Å². The van der Waals surface area contributed by atoms with Crippen LogP contribution in [-0.4, -0.2) is 11.7 Å². The number of fused-ring (bicyclic) bond motifs is 5. The van der Waals surface area contributed by atoms with Gasteiger partial charge in [-0.1, -0.05) is 85.0 Å². The van der Waals surface area contributed by atoms with Gasteiger partial charge < -0.3 is 0 Å². The standard InChI is InChI=1S/C45H26F2N2/c1-24(29-19-28-13-16-35-32-9-5-3-7-26(32)18-30(20-29)40(28)35)17-38-42(46)43(47)39-22-31(23-49-45(39)44(38)48-2)34-14-11-25-12-15-36-33-10-6-4-8-27(33)21-37(34)41(25)36/h3-23H,2H2,1H3/b24-17+. The molecule has 0 bridgehead atoms. The Morgan fingerprint density at radius 3 is 2.16 bits per heavy atom. The zero-order chi connectivity index (χ0) is 33.0. The number of rotatable bonds is 4. The SMILES string of the molecule is C=Nc1c(/C=C(\C)c2cc3c4c(c5ccccc5cc4c2)C=C3)c(F)c(F)c2cc(-c3ccc4c5c(c6ccccc6cc35)C=C4)cnc12. The lowest BCUT2D eigenvalue weighted by Gasteiger charge is -2.14. The van der Waals surface area contributed by atoms with Gasteiger partial charge in [-0.2, -0.15) is 0 Å². The van der Waals surface area contributed by atoms with E-state index < -0.39 is 11.6 Å². The van der Waals surface area contributed by atoms with E-state index in [0.717, 1.165) is 54.8 Å². The molecule has 7 aromatic carbocycles. The van der Waals surface area contributed by atoms with Crippen LogP contribution in [0.15, 0.2) is 102 Å². The smallest absolute Gasteiger partial charge is 0.169 e. The lowest BCUT2D eigenvalue weighted by atomic mass is 9.91. The van der Waals surface area contributed by atoms with E-state index in [0.29, 0.717) is 5.56 Å². The van der Waals surface area contributed by atoms with E-state index in [4.69, 9.17) is 4.98 Å². The summed E-state index contributed by atoms with van der Waals surface area (Å²) in [5.74, 6) is -1.92. The first-order chi connectivity index (χ1) is 24.0. The average Bonchev–Trinajstić information content (AvgIpc) is 3.77. The van der Waals surface area contributed by atoms with Gasteiger partial charge >= 0.3 is 0 Å². The topological polar surface area (TPSA) is 25.2 Å². The number of hydrogen-bond acceptors (Lipinski definition) is 2. The Bertz CT molecular complexity index is 2930. The van der Waals surface area contributed by atoms with Crippen molar-refractivity contribution < 1.29 is 8.78 Å². The second kappa shape index (κ2) is 10.1. The number of nitrogens with zero attached hydrogens (tertiary/aromatic N) is 2. The van der Waals surface area contributed by atoms with Crippen LogP contribution in [0.1, 0.15) is 40.3 Å². The molecular formula is C45H26F2N2. The van der Waals surface area contributed by atoms with Gasteiger partial charge in [0.2, 0.25) is 0 Å². The van der Waals surface area contributed by atoms with Gasteiger partial charge in [-0.05, 0) is 132 Å². The summed E-state index contributed by atoms with van der Waals surface area (Å²) < 4.78 is 32.3. The number of hydrogen-bond donors (Lipinski definition) is 0. The maximum Gasteiger partial charge on any atom is 0.169 e. The monoisotopic (exact) mass is 632 g/mol. The maximum absolute atomic E-state index is 16.2. The molecule has 0 atom stereocenters. The number of allylic oxidation sites excluding steroid dienone is 1. The predicted molar refractivity (Wildman–Crippen MR) is 204 cm³/mol. The fraction of sp³-hybridized carbons (Fsp3) is 0.0222. The van der Waals surface area contributed by atoms with Gasteiger partial charge in [0.05, 0.1) is 11.2 Å². The molecule has 0 fully saturated rings. The number of aliphatic imine (C=N–C) groups is 1. The Kier molecular flexibility index (Phi) is 5.74. The van der Waals surface area contributed by atoms with Crippen LogP contribution in [0.3, 0.4) is 0 Å². The number of benzene rings is 7. The van der Waals surface area contributed by atoms with Gasteiger partial charge in [0.25, 0.3) is 0 Å². The maximum atomic E-state index is 16.2. The van der Waals surface area contributed by atoms with Crippen molar-refractivity contribution in [1.82, 2.24) is 4.98 Å². The van der Waals surface area contributed by atoms with Crippen molar-refractivity contribution >= 4 is 102 Å². The third kappa shape index (κ3) is 3.92.